The molecule has 0 unspecified atom stereocenters. The first-order valence-electron chi connectivity index (χ1n) is 7.55. The van der Waals surface area contributed by atoms with E-state index in [0.29, 0.717) is 0 Å². The van der Waals surface area contributed by atoms with E-state index in [0.717, 1.165) is 49.3 Å². The Morgan fingerprint density at radius 1 is 1.52 bits per heavy atom. The second kappa shape index (κ2) is 9.73. The number of aromatic nitrogens is 1. The van der Waals surface area contributed by atoms with Gasteiger partial charge in [0.2, 0.25) is 0 Å². The Labute approximate surface area is 132 Å². The van der Waals surface area contributed by atoms with E-state index in [4.69, 9.17) is 4.74 Å². The zero-order chi connectivity index (χ0) is 15.7. The van der Waals surface area contributed by atoms with Crippen LogP contribution in [0.25, 0.3) is 0 Å². The van der Waals surface area contributed by atoms with E-state index >= 15 is 0 Å². The standard InChI is InChI=1S/C15H28N4OS/c1-6-16-15(17-8-7-9-20-12(2)3)19(5)10-14-11-21-13(4)18-14/h11-12H,6-10H2,1-5H3,(H,16,17). The first kappa shape index (κ1) is 17.9. The Morgan fingerprint density at radius 3 is 2.86 bits per heavy atom. The lowest BCUT2D eigenvalue weighted by atomic mass is 10.4. The third kappa shape index (κ3) is 7.43. The third-order valence-corrected chi connectivity index (χ3v) is 3.60. The van der Waals surface area contributed by atoms with Crippen LogP contribution in [0.4, 0.5) is 0 Å². The molecule has 1 N–H and O–H groups in total. The van der Waals surface area contributed by atoms with Gasteiger partial charge in [0.15, 0.2) is 5.96 Å². The fraction of sp³-hybridized carbons (Fsp3) is 0.733. The number of hydrogen-bond donors (Lipinski definition) is 1. The molecule has 1 aromatic heterocycles. The summed E-state index contributed by atoms with van der Waals surface area (Å²) in [6, 6.07) is 0. The van der Waals surface area contributed by atoms with Gasteiger partial charge in [0.1, 0.15) is 0 Å². The average Bonchev–Trinajstić information content (AvgIpc) is 2.82. The largest absolute Gasteiger partial charge is 0.379 e. The monoisotopic (exact) mass is 312 g/mol. The molecular weight excluding hydrogens is 284 g/mol. The maximum Gasteiger partial charge on any atom is 0.194 e. The van der Waals surface area contributed by atoms with E-state index in [-0.39, 0.29) is 6.10 Å². The van der Waals surface area contributed by atoms with Crippen LogP contribution in [0, 0.1) is 6.92 Å². The van der Waals surface area contributed by atoms with Crippen LogP contribution in [0.3, 0.4) is 0 Å². The molecule has 0 amide bonds. The summed E-state index contributed by atoms with van der Waals surface area (Å²) in [6.45, 7) is 11.4. The number of ether oxygens (including phenoxy) is 1. The van der Waals surface area contributed by atoms with E-state index in [2.05, 4.69) is 46.3 Å². The maximum atomic E-state index is 5.53. The summed E-state index contributed by atoms with van der Waals surface area (Å²) < 4.78 is 5.53. The minimum atomic E-state index is 0.290. The molecule has 5 nitrogen and oxygen atoms in total. The van der Waals surface area contributed by atoms with Crippen molar-refractivity contribution in [3.05, 3.63) is 16.1 Å². The summed E-state index contributed by atoms with van der Waals surface area (Å²) in [7, 11) is 2.04. The van der Waals surface area contributed by atoms with Crippen LogP contribution in [-0.2, 0) is 11.3 Å². The average molecular weight is 312 g/mol. The molecule has 0 spiro atoms. The molecule has 0 fully saturated rings. The van der Waals surface area contributed by atoms with Gasteiger partial charge in [0, 0.05) is 32.1 Å². The molecule has 0 aromatic carbocycles. The summed E-state index contributed by atoms with van der Waals surface area (Å²) in [5.74, 6) is 0.924. The van der Waals surface area contributed by atoms with Crippen molar-refractivity contribution in [2.45, 2.75) is 46.8 Å². The third-order valence-electron chi connectivity index (χ3n) is 2.78. The molecule has 0 saturated carbocycles. The minimum absolute atomic E-state index is 0.290. The quantitative estimate of drug-likeness (QED) is 0.455. The SMILES string of the molecule is CCNC(=NCCCOC(C)C)N(C)Cc1csc(C)n1. The summed E-state index contributed by atoms with van der Waals surface area (Å²) >= 11 is 1.68. The topological polar surface area (TPSA) is 49.8 Å². The van der Waals surface area contributed by atoms with Crippen LogP contribution in [0.5, 0.6) is 0 Å². The minimum Gasteiger partial charge on any atom is -0.379 e. The van der Waals surface area contributed by atoms with Gasteiger partial charge >= 0.3 is 0 Å². The second-order valence-electron chi connectivity index (χ2n) is 5.22. The number of aryl methyl sites for hydroxylation is 1. The molecule has 0 atom stereocenters. The van der Waals surface area contributed by atoms with Crippen molar-refractivity contribution in [3.8, 4) is 0 Å². The van der Waals surface area contributed by atoms with Crippen LogP contribution in [-0.4, -0.2) is 48.7 Å². The number of guanidine groups is 1. The number of rotatable bonds is 8. The summed E-state index contributed by atoms with van der Waals surface area (Å²) in [4.78, 5) is 11.2. The first-order chi connectivity index (χ1) is 10.0. The molecule has 0 aliphatic heterocycles. The maximum absolute atomic E-state index is 5.53. The van der Waals surface area contributed by atoms with Crippen LogP contribution in [0.15, 0.2) is 10.4 Å². The molecule has 1 rings (SSSR count). The molecule has 0 radical (unpaired) electrons. The van der Waals surface area contributed by atoms with Crippen molar-refractivity contribution in [1.82, 2.24) is 15.2 Å². The zero-order valence-electron chi connectivity index (χ0n) is 13.8. The molecule has 21 heavy (non-hydrogen) atoms. The number of nitrogens with zero attached hydrogens (tertiary/aromatic N) is 3. The summed E-state index contributed by atoms with van der Waals surface area (Å²) in [6.07, 6.45) is 1.23. The number of nitrogens with one attached hydrogen (secondary N) is 1. The van der Waals surface area contributed by atoms with Crippen LogP contribution in [0.1, 0.15) is 37.9 Å². The molecular formula is C15H28N4OS. The molecule has 0 aliphatic rings. The van der Waals surface area contributed by atoms with E-state index in [1.165, 1.54) is 0 Å². The highest BCUT2D eigenvalue weighted by molar-refractivity contribution is 7.09. The Bertz CT molecular complexity index is 431. The second-order valence-corrected chi connectivity index (χ2v) is 6.28. The molecule has 120 valence electrons. The Kier molecular flexibility index (Phi) is 8.30. The van der Waals surface area contributed by atoms with E-state index in [1.807, 2.05) is 14.0 Å². The van der Waals surface area contributed by atoms with Gasteiger partial charge in [-0.05, 0) is 34.1 Å². The first-order valence-corrected chi connectivity index (χ1v) is 8.43. The molecule has 1 aromatic rings. The fourth-order valence-corrected chi connectivity index (χ4v) is 2.44. The van der Waals surface area contributed by atoms with Crippen molar-refractivity contribution in [2.24, 2.45) is 4.99 Å². The smallest absolute Gasteiger partial charge is 0.194 e. The van der Waals surface area contributed by atoms with Crippen molar-refractivity contribution in [2.75, 3.05) is 26.7 Å². The Morgan fingerprint density at radius 2 is 2.29 bits per heavy atom. The number of aliphatic imine (C=N–C) groups is 1. The molecule has 0 saturated heterocycles. The molecule has 0 bridgehead atoms. The highest BCUT2D eigenvalue weighted by Gasteiger charge is 2.08. The fourth-order valence-electron chi connectivity index (χ4n) is 1.84. The van der Waals surface area contributed by atoms with Crippen LogP contribution < -0.4 is 5.32 Å². The molecule has 1 heterocycles. The number of thiazole rings is 1. The lowest BCUT2D eigenvalue weighted by Crippen LogP contribution is -2.38. The van der Waals surface area contributed by atoms with Gasteiger partial charge < -0.3 is 15.0 Å². The van der Waals surface area contributed by atoms with Crippen molar-refractivity contribution >= 4 is 17.3 Å². The van der Waals surface area contributed by atoms with Gasteiger partial charge in [-0.2, -0.15) is 0 Å². The van der Waals surface area contributed by atoms with Gasteiger partial charge in [-0.25, -0.2) is 4.98 Å². The van der Waals surface area contributed by atoms with Crippen molar-refractivity contribution in [3.63, 3.8) is 0 Å². The Hall–Kier alpha value is -1.14. The summed E-state index contributed by atoms with van der Waals surface area (Å²) in [5.41, 5.74) is 1.09. The predicted molar refractivity (Wildman–Crippen MR) is 90.0 cm³/mol. The van der Waals surface area contributed by atoms with E-state index in [1.54, 1.807) is 11.3 Å². The van der Waals surface area contributed by atoms with Gasteiger partial charge in [-0.1, -0.05) is 0 Å². The number of hydrogen-bond acceptors (Lipinski definition) is 4. The van der Waals surface area contributed by atoms with Crippen molar-refractivity contribution < 1.29 is 4.74 Å². The van der Waals surface area contributed by atoms with E-state index in [9.17, 15) is 0 Å². The highest BCUT2D eigenvalue weighted by Crippen LogP contribution is 2.09. The van der Waals surface area contributed by atoms with Gasteiger partial charge in [-0.3, -0.25) is 4.99 Å². The zero-order valence-corrected chi connectivity index (χ0v) is 14.7. The lowest BCUT2D eigenvalue weighted by Gasteiger charge is -2.21. The van der Waals surface area contributed by atoms with Crippen molar-refractivity contribution in [1.29, 1.82) is 0 Å². The van der Waals surface area contributed by atoms with Gasteiger partial charge in [-0.15, -0.1) is 11.3 Å². The highest BCUT2D eigenvalue weighted by atomic mass is 32.1. The Balaban J connectivity index is 2.46. The molecule has 0 aliphatic carbocycles. The predicted octanol–water partition coefficient (Wildman–Crippen LogP) is 2.66. The van der Waals surface area contributed by atoms with Crippen LogP contribution >= 0.6 is 11.3 Å². The van der Waals surface area contributed by atoms with Crippen LogP contribution in [0.2, 0.25) is 0 Å². The van der Waals surface area contributed by atoms with Gasteiger partial charge in [0.25, 0.3) is 0 Å². The van der Waals surface area contributed by atoms with E-state index < -0.39 is 0 Å². The summed E-state index contributed by atoms with van der Waals surface area (Å²) in [5, 5.41) is 6.53. The normalized spacial score (nSPS) is 12.0. The lowest BCUT2D eigenvalue weighted by molar-refractivity contribution is 0.0782. The van der Waals surface area contributed by atoms with Gasteiger partial charge in [0.05, 0.1) is 23.4 Å². The molecule has 6 heteroatoms.